The number of anilines is 3. The van der Waals surface area contributed by atoms with Crippen LogP contribution in [-0.2, 0) is 29.8 Å². The van der Waals surface area contributed by atoms with Crippen LogP contribution in [0.5, 0.6) is 0 Å². The molecular formula is C53H60N3O6+. The highest BCUT2D eigenvalue weighted by Gasteiger charge is 2.44. The topological polar surface area (TPSA) is 80.6 Å². The predicted molar refractivity (Wildman–Crippen MR) is 248 cm³/mol. The average molecular weight is 835 g/mol. The maximum absolute atomic E-state index is 13.0. The lowest BCUT2D eigenvalue weighted by Crippen LogP contribution is -2.27. The normalized spacial score (nSPS) is 17.6. The van der Waals surface area contributed by atoms with Gasteiger partial charge in [0, 0.05) is 93.2 Å². The first-order valence-electron chi connectivity index (χ1n) is 21.6. The molecular weight excluding hydrogens is 775 g/mol. The Morgan fingerprint density at radius 2 is 1.26 bits per heavy atom. The summed E-state index contributed by atoms with van der Waals surface area (Å²) < 4.78 is 23.6. The summed E-state index contributed by atoms with van der Waals surface area (Å²) >= 11 is 0. The van der Waals surface area contributed by atoms with Crippen molar-refractivity contribution in [2.24, 2.45) is 0 Å². The molecule has 0 radical (unpaired) electrons. The minimum Gasteiger partial charge on any atom is -0.462 e. The van der Waals surface area contributed by atoms with Crippen molar-refractivity contribution in [2.75, 3.05) is 64.5 Å². The number of carbonyl (C=O) groups excluding carboxylic acids is 2. The number of likely N-dealkylation sites (N-methyl/N-ethyl adjacent to an activating group) is 1. The highest BCUT2D eigenvalue weighted by atomic mass is 16.5. The molecule has 7 rings (SSSR count). The molecule has 3 aliphatic rings. The quantitative estimate of drug-likeness (QED) is 0.0627. The fourth-order valence-corrected chi connectivity index (χ4v) is 9.07. The van der Waals surface area contributed by atoms with Crippen LogP contribution in [0.2, 0.25) is 0 Å². The lowest BCUT2D eigenvalue weighted by molar-refractivity contribution is -0.401. The first kappa shape index (κ1) is 44.0. The molecule has 4 aromatic rings. The van der Waals surface area contributed by atoms with Gasteiger partial charge >= 0.3 is 11.9 Å². The number of nitrogens with zero attached hydrogens (tertiary/aromatic N) is 3. The van der Waals surface area contributed by atoms with Gasteiger partial charge in [-0.1, -0.05) is 62.4 Å². The van der Waals surface area contributed by atoms with E-state index >= 15 is 0 Å². The van der Waals surface area contributed by atoms with E-state index < -0.39 is 0 Å². The maximum atomic E-state index is 13.0. The van der Waals surface area contributed by atoms with E-state index in [0.717, 1.165) is 63.8 Å². The Hall–Kier alpha value is -6.03. The van der Waals surface area contributed by atoms with Crippen LogP contribution in [-0.4, -0.2) is 77.0 Å². The minimum atomic E-state index is -0.373. The third-order valence-corrected chi connectivity index (χ3v) is 12.4. The second-order valence-corrected chi connectivity index (χ2v) is 17.1. The number of fused-ring (bicyclic) bond motifs is 2. The SMILES string of the molecule is COCCCOC(=O)c1ccc2c(c1)C(C)(C)C(/C=C/C1=C(N(c3ccccc3)c3ccccc3)C(=C/C=C3/N(C)c4ccc(C(=O)OCCCOC)cc4C3(C)C)/CC1)=[N+]2C. The highest BCUT2D eigenvalue weighted by Crippen LogP contribution is 2.48. The zero-order chi connectivity index (χ0) is 44.0. The summed E-state index contributed by atoms with van der Waals surface area (Å²) in [7, 11) is 7.49. The molecule has 0 aromatic heterocycles. The summed E-state index contributed by atoms with van der Waals surface area (Å²) in [6.07, 6.45) is 12.1. The molecule has 4 aromatic carbocycles. The van der Waals surface area contributed by atoms with Crippen LogP contribution >= 0.6 is 0 Å². The third kappa shape index (κ3) is 8.83. The van der Waals surface area contributed by atoms with E-state index in [1.807, 2.05) is 36.4 Å². The van der Waals surface area contributed by atoms with Gasteiger partial charge in [-0.3, -0.25) is 0 Å². The van der Waals surface area contributed by atoms with E-state index in [1.165, 1.54) is 11.1 Å². The van der Waals surface area contributed by atoms with Crippen molar-refractivity contribution in [3.63, 3.8) is 0 Å². The smallest absolute Gasteiger partial charge is 0.338 e. The van der Waals surface area contributed by atoms with Gasteiger partial charge in [-0.15, -0.1) is 0 Å². The number of allylic oxidation sites excluding steroid dienone is 7. The van der Waals surface area contributed by atoms with E-state index in [0.29, 0.717) is 50.4 Å². The molecule has 9 nitrogen and oxygen atoms in total. The molecule has 9 heteroatoms. The number of ether oxygens (including phenoxy) is 4. The second-order valence-electron chi connectivity index (χ2n) is 17.1. The standard InChI is InChI=1S/C53H60N3O6/c1-52(2)43-35-39(50(57)61-33-15-31-59-7)23-27-45(43)54(5)47(52)29-25-37-21-22-38(49(37)56(41-17-11-9-12-18-41)42-19-13-10-14-20-42)26-30-48-53(3,4)44-36-40(24-28-46(44)55(48)6)51(58)62-34-16-32-60-8/h9-14,17-20,23-30,35-36H,15-16,21-22,31-34H2,1-8H3/q+1. The maximum Gasteiger partial charge on any atom is 0.338 e. The van der Waals surface area contributed by atoms with Crippen molar-refractivity contribution in [2.45, 2.75) is 64.2 Å². The lowest BCUT2D eigenvalue weighted by atomic mass is 9.80. The third-order valence-electron chi connectivity index (χ3n) is 12.4. The molecule has 1 aliphatic carbocycles. The number of rotatable bonds is 16. The van der Waals surface area contributed by atoms with Crippen LogP contribution in [0.1, 0.15) is 85.2 Å². The monoisotopic (exact) mass is 834 g/mol. The summed E-state index contributed by atoms with van der Waals surface area (Å²) in [6.45, 7) is 10.6. The Morgan fingerprint density at radius 1 is 0.694 bits per heavy atom. The largest absolute Gasteiger partial charge is 0.462 e. The van der Waals surface area contributed by atoms with Crippen molar-refractivity contribution < 1.29 is 33.1 Å². The highest BCUT2D eigenvalue weighted by molar-refractivity contribution is 6.04. The zero-order valence-electron chi connectivity index (χ0n) is 37.5. The Labute approximate surface area is 367 Å². The number of esters is 2. The minimum absolute atomic E-state index is 0.318. The molecule has 0 spiro atoms. The van der Waals surface area contributed by atoms with Crippen molar-refractivity contribution >= 4 is 40.4 Å². The summed E-state index contributed by atoms with van der Waals surface area (Å²) in [4.78, 5) is 30.7. The van der Waals surface area contributed by atoms with Crippen LogP contribution in [0.4, 0.5) is 22.7 Å². The molecule has 0 atom stereocenters. The van der Waals surface area contributed by atoms with Gasteiger partial charge in [0.1, 0.15) is 7.05 Å². The van der Waals surface area contributed by atoms with Gasteiger partial charge in [-0.2, -0.15) is 4.58 Å². The van der Waals surface area contributed by atoms with Crippen molar-refractivity contribution in [1.29, 1.82) is 0 Å². The van der Waals surface area contributed by atoms with Gasteiger partial charge in [0.25, 0.3) is 0 Å². The summed E-state index contributed by atoms with van der Waals surface area (Å²) in [5.41, 5.74) is 12.7. The fourth-order valence-electron chi connectivity index (χ4n) is 9.07. The number of carbonyl (C=O) groups is 2. The van der Waals surface area contributed by atoms with Crippen molar-refractivity contribution in [3.05, 3.63) is 166 Å². The van der Waals surface area contributed by atoms with Crippen LogP contribution < -0.4 is 9.80 Å². The molecule has 2 aliphatic heterocycles. The average Bonchev–Trinajstić information content (AvgIpc) is 3.82. The lowest BCUT2D eigenvalue weighted by Gasteiger charge is -2.29. The molecule has 0 fully saturated rings. The Balaban J connectivity index is 1.26. The van der Waals surface area contributed by atoms with E-state index in [9.17, 15) is 9.59 Å². The molecule has 0 bridgehead atoms. The molecule has 0 saturated carbocycles. The molecule has 2 heterocycles. The van der Waals surface area contributed by atoms with E-state index in [2.05, 4.69) is 141 Å². The molecule has 0 amide bonds. The number of hydrogen-bond donors (Lipinski definition) is 0. The van der Waals surface area contributed by atoms with Gasteiger partial charge in [-0.25, -0.2) is 9.59 Å². The molecule has 322 valence electrons. The van der Waals surface area contributed by atoms with Crippen molar-refractivity contribution in [3.8, 4) is 0 Å². The van der Waals surface area contributed by atoms with Gasteiger partial charge in [0.05, 0.1) is 35.5 Å². The van der Waals surface area contributed by atoms with Crippen LogP contribution in [0.25, 0.3) is 0 Å². The summed E-state index contributed by atoms with van der Waals surface area (Å²) in [5.74, 6) is -0.642. The first-order valence-corrected chi connectivity index (χ1v) is 21.6. The molecule has 0 N–H and O–H groups in total. The Morgan fingerprint density at radius 3 is 1.84 bits per heavy atom. The number of para-hydroxylation sites is 2. The van der Waals surface area contributed by atoms with Gasteiger partial charge in [0.15, 0.2) is 5.71 Å². The molecule has 62 heavy (non-hydrogen) atoms. The predicted octanol–water partition coefficient (Wildman–Crippen LogP) is 10.8. The fraction of sp³-hybridized carbons (Fsp3) is 0.340. The van der Waals surface area contributed by atoms with Crippen LogP contribution in [0.15, 0.2) is 144 Å². The van der Waals surface area contributed by atoms with Gasteiger partial charge in [0.2, 0.25) is 5.69 Å². The molecule has 0 saturated heterocycles. The van der Waals surface area contributed by atoms with E-state index in [4.69, 9.17) is 18.9 Å². The number of methoxy groups -OCH3 is 2. The van der Waals surface area contributed by atoms with Gasteiger partial charge in [-0.05, 0) is 104 Å². The number of benzene rings is 4. The first-order chi connectivity index (χ1) is 29.9. The van der Waals surface area contributed by atoms with E-state index in [-0.39, 0.29) is 22.8 Å². The number of hydrogen-bond acceptors (Lipinski definition) is 8. The van der Waals surface area contributed by atoms with Crippen LogP contribution in [0, 0.1) is 0 Å². The Bertz CT molecular complexity index is 2420. The summed E-state index contributed by atoms with van der Waals surface area (Å²) in [5, 5.41) is 0. The van der Waals surface area contributed by atoms with Crippen LogP contribution in [0.3, 0.4) is 0 Å². The van der Waals surface area contributed by atoms with Crippen molar-refractivity contribution in [1.82, 2.24) is 0 Å². The second kappa shape index (κ2) is 18.9. The van der Waals surface area contributed by atoms with E-state index in [1.54, 1.807) is 14.2 Å². The van der Waals surface area contributed by atoms with Gasteiger partial charge < -0.3 is 28.7 Å². The summed E-state index contributed by atoms with van der Waals surface area (Å²) in [6, 6.07) is 32.9. The molecule has 0 unspecified atom stereocenters. The zero-order valence-corrected chi connectivity index (χ0v) is 37.5. The Kier molecular flexibility index (Phi) is 13.4.